The maximum absolute atomic E-state index is 13.4. The standard InChI is InChI=1S/C58H95N7O17/c1-39(67)53(40(2)68)64-55(78)41(25-30-48(71)58(3,4)65-50(73)31-26-44-35-59-38-62-44)21-19-20-32-60-51(74)36-61-54(77)43(37-66)34-45(69)27-24-42(56(79)80)33-46(70)28-29-47(57(81)82)63-49(72)22-17-15-13-11-9-7-5-6-8-10-12-14-16-18-23-52(75)76/h35,38-39,41-43,47,53,66-67H,5-34,36-37H2,1-4H3,(H,59,62)(H,60,74)(H,61,77)(H,63,72)(H,64,78)(H,65,73)(H,75,76)(H,79,80)(H,81,82)/t39-,41-,42-,43+,47+,53+/m1/s1. The number of unbranched alkanes of at least 4 members (excludes halogenated alkanes) is 14. The van der Waals surface area contributed by atoms with E-state index in [1.807, 2.05) is 0 Å². The van der Waals surface area contributed by atoms with Crippen molar-refractivity contribution in [2.45, 2.75) is 238 Å². The van der Waals surface area contributed by atoms with Crippen LogP contribution >= 0.6 is 0 Å². The molecule has 5 amide bonds. The minimum atomic E-state index is -1.37. The highest BCUT2D eigenvalue weighted by molar-refractivity contribution is 5.93. The SMILES string of the molecule is CC(=O)[C@@H](NC(=O)[C@H](CCCCNC(=O)CNC(=O)[C@H](CO)CC(=O)CC[C@H](CC(=O)CC[C@H](NC(=O)CCCCCCCCCCCCCCCCC(=O)O)C(=O)O)C(=O)O)CCC(=O)C(C)(C)NC(=O)CCc1cnc[nH]1)[C@@H](C)O. The molecule has 1 heterocycles. The second kappa shape index (κ2) is 42.4. The van der Waals surface area contributed by atoms with E-state index in [0.717, 1.165) is 76.3 Å². The van der Waals surface area contributed by atoms with E-state index in [1.54, 1.807) is 20.0 Å². The molecule has 82 heavy (non-hydrogen) atoms. The van der Waals surface area contributed by atoms with Crippen molar-refractivity contribution in [3.05, 3.63) is 18.2 Å². The Labute approximate surface area is 482 Å². The predicted molar refractivity (Wildman–Crippen MR) is 302 cm³/mol. The molecule has 464 valence electrons. The highest BCUT2D eigenvalue weighted by atomic mass is 16.4. The number of rotatable bonds is 51. The number of aliphatic hydroxyl groups excluding tert-OH is 2. The van der Waals surface area contributed by atoms with Crippen LogP contribution < -0.4 is 26.6 Å². The molecule has 0 bridgehead atoms. The number of carboxylic acid groups (broad SMARTS) is 3. The number of aliphatic carboxylic acids is 3. The predicted octanol–water partition coefficient (Wildman–Crippen LogP) is 4.74. The van der Waals surface area contributed by atoms with Crippen molar-refractivity contribution < 1.29 is 83.1 Å². The monoisotopic (exact) mass is 1160 g/mol. The first-order valence-corrected chi connectivity index (χ1v) is 29.3. The summed E-state index contributed by atoms with van der Waals surface area (Å²) in [6, 6.07) is -2.53. The van der Waals surface area contributed by atoms with Gasteiger partial charge in [-0.25, -0.2) is 9.78 Å². The maximum Gasteiger partial charge on any atom is 0.326 e. The van der Waals surface area contributed by atoms with Gasteiger partial charge in [0.15, 0.2) is 11.6 Å². The number of hydrogen-bond donors (Lipinski definition) is 11. The number of aromatic nitrogens is 2. The lowest BCUT2D eigenvalue weighted by Crippen LogP contribution is -2.50. The van der Waals surface area contributed by atoms with Gasteiger partial charge >= 0.3 is 17.9 Å². The number of ketones is 4. The van der Waals surface area contributed by atoms with E-state index >= 15 is 0 Å². The summed E-state index contributed by atoms with van der Waals surface area (Å²) < 4.78 is 0. The summed E-state index contributed by atoms with van der Waals surface area (Å²) in [4.78, 5) is 156. The summed E-state index contributed by atoms with van der Waals surface area (Å²) in [5.74, 6) is -11.6. The molecule has 24 nitrogen and oxygen atoms in total. The number of Topliss-reactive ketones (excluding diaryl/α,β-unsaturated/α-hetero) is 4. The Morgan fingerprint density at radius 2 is 1.12 bits per heavy atom. The van der Waals surface area contributed by atoms with Crippen LogP contribution in [0.2, 0.25) is 0 Å². The minimum absolute atomic E-state index is 0.0585. The van der Waals surface area contributed by atoms with Crippen molar-refractivity contribution in [3.8, 4) is 0 Å². The molecule has 0 aromatic carbocycles. The van der Waals surface area contributed by atoms with Crippen LogP contribution in [0.3, 0.4) is 0 Å². The molecule has 0 radical (unpaired) electrons. The first kappa shape index (κ1) is 73.6. The third-order valence-electron chi connectivity index (χ3n) is 14.4. The lowest BCUT2D eigenvalue weighted by molar-refractivity contribution is -0.145. The van der Waals surface area contributed by atoms with Gasteiger partial charge in [-0.05, 0) is 79.1 Å². The van der Waals surface area contributed by atoms with Gasteiger partial charge in [0.1, 0.15) is 23.7 Å². The normalized spacial score (nSPS) is 13.5. The first-order chi connectivity index (χ1) is 38.9. The van der Waals surface area contributed by atoms with Gasteiger partial charge in [0.2, 0.25) is 29.5 Å². The van der Waals surface area contributed by atoms with Gasteiger partial charge in [0.05, 0.1) is 43.0 Å². The lowest BCUT2D eigenvalue weighted by atomic mass is 9.89. The molecule has 0 saturated heterocycles. The average molecular weight is 1160 g/mol. The van der Waals surface area contributed by atoms with Gasteiger partial charge in [0.25, 0.3) is 0 Å². The van der Waals surface area contributed by atoms with Crippen molar-refractivity contribution in [2.75, 3.05) is 19.7 Å². The molecule has 0 aliphatic rings. The number of aromatic amines is 1. The van der Waals surface area contributed by atoms with Gasteiger partial charge in [-0.15, -0.1) is 0 Å². The molecular weight excluding hydrogens is 1070 g/mol. The van der Waals surface area contributed by atoms with Crippen LogP contribution in [-0.2, 0) is 64.0 Å². The third kappa shape index (κ3) is 34.8. The van der Waals surface area contributed by atoms with Gasteiger partial charge in [-0.2, -0.15) is 0 Å². The van der Waals surface area contributed by atoms with E-state index < -0.39 is 126 Å². The maximum atomic E-state index is 13.4. The fraction of sp³-hybridized carbons (Fsp3) is 0.741. The number of carboxylic acids is 3. The van der Waals surface area contributed by atoms with Crippen molar-refractivity contribution >= 4 is 70.6 Å². The Kier molecular flexibility index (Phi) is 38.0. The molecule has 0 saturated carbocycles. The first-order valence-electron chi connectivity index (χ1n) is 29.3. The van der Waals surface area contributed by atoms with Crippen LogP contribution in [0.5, 0.6) is 0 Å². The molecule has 0 unspecified atom stereocenters. The topological polar surface area (TPSA) is 395 Å². The Morgan fingerprint density at radius 1 is 0.573 bits per heavy atom. The highest BCUT2D eigenvalue weighted by Gasteiger charge is 2.32. The molecule has 1 aromatic rings. The molecular formula is C58H95N7O17. The molecule has 1 rings (SSSR count). The number of aryl methyl sites for hydroxylation is 1. The lowest BCUT2D eigenvalue weighted by Gasteiger charge is -2.27. The Hall–Kier alpha value is -6.43. The molecule has 0 aliphatic heterocycles. The molecule has 1 aromatic heterocycles. The van der Waals surface area contributed by atoms with Crippen LogP contribution in [0.4, 0.5) is 0 Å². The summed E-state index contributed by atoms with van der Waals surface area (Å²) in [6.45, 7) is 4.53. The number of carbonyl (C=O) groups is 12. The Balaban J connectivity index is 2.49. The van der Waals surface area contributed by atoms with Crippen LogP contribution in [-0.4, -0.2) is 150 Å². The van der Waals surface area contributed by atoms with Gasteiger partial charge in [-0.3, -0.25) is 52.7 Å². The number of hydrogen-bond acceptors (Lipinski definition) is 15. The second-order valence-corrected chi connectivity index (χ2v) is 22.1. The van der Waals surface area contributed by atoms with Gasteiger partial charge in [-0.1, -0.05) is 83.5 Å². The molecule has 0 fully saturated rings. The number of carbonyl (C=O) groups excluding carboxylic acids is 9. The van der Waals surface area contributed by atoms with Crippen LogP contribution in [0.15, 0.2) is 12.5 Å². The summed E-state index contributed by atoms with van der Waals surface area (Å²) in [7, 11) is 0. The minimum Gasteiger partial charge on any atom is -0.481 e. The molecule has 6 atom stereocenters. The molecule has 24 heteroatoms. The van der Waals surface area contributed by atoms with E-state index in [9.17, 15) is 78.0 Å². The van der Waals surface area contributed by atoms with E-state index in [-0.39, 0.29) is 82.4 Å². The molecule has 11 N–H and O–H groups in total. The summed E-state index contributed by atoms with van der Waals surface area (Å²) in [5, 5.41) is 60.9. The summed E-state index contributed by atoms with van der Waals surface area (Å²) in [5.41, 5.74) is -0.498. The molecule has 0 spiro atoms. The highest BCUT2D eigenvalue weighted by Crippen LogP contribution is 2.21. The average Bonchev–Trinajstić information content (AvgIpc) is 3.96. The van der Waals surface area contributed by atoms with Crippen molar-refractivity contribution in [1.82, 2.24) is 36.6 Å². The van der Waals surface area contributed by atoms with Gasteiger partial charge < -0.3 is 57.1 Å². The third-order valence-corrected chi connectivity index (χ3v) is 14.4. The number of amides is 5. The van der Waals surface area contributed by atoms with Crippen molar-refractivity contribution in [1.29, 1.82) is 0 Å². The van der Waals surface area contributed by atoms with E-state index in [4.69, 9.17) is 5.11 Å². The number of aliphatic hydroxyl groups is 2. The van der Waals surface area contributed by atoms with Crippen LogP contribution in [0.1, 0.15) is 213 Å². The zero-order chi connectivity index (χ0) is 61.5. The van der Waals surface area contributed by atoms with E-state index in [2.05, 4.69) is 36.6 Å². The largest absolute Gasteiger partial charge is 0.481 e. The zero-order valence-corrected chi connectivity index (χ0v) is 48.8. The van der Waals surface area contributed by atoms with E-state index in [1.165, 1.54) is 33.0 Å². The zero-order valence-electron chi connectivity index (χ0n) is 48.8. The van der Waals surface area contributed by atoms with Crippen molar-refractivity contribution in [2.24, 2.45) is 17.8 Å². The van der Waals surface area contributed by atoms with Gasteiger partial charge in [0, 0.05) is 75.7 Å². The summed E-state index contributed by atoms with van der Waals surface area (Å²) >= 11 is 0. The van der Waals surface area contributed by atoms with Crippen LogP contribution in [0.25, 0.3) is 0 Å². The molecule has 0 aliphatic carbocycles. The Morgan fingerprint density at radius 3 is 1.63 bits per heavy atom. The number of nitrogens with one attached hydrogen (secondary N) is 6. The van der Waals surface area contributed by atoms with Crippen molar-refractivity contribution in [3.63, 3.8) is 0 Å². The van der Waals surface area contributed by atoms with Crippen LogP contribution in [0, 0.1) is 17.8 Å². The fourth-order valence-corrected chi connectivity index (χ4v) is 9.28. The second-order valence-electron chi connectivity index (χ2n) is 22.1. The smallest absolute Gasteiger partial charge is 0.326 e. The quantitative estimate of drug-likeness (QED) is 0.0392. The number of H-pyrrole nitrogens is 1. The summed E-state index contributed by atoms with van der Waals surface area (Å²) in [6.07, 6.45) is 15.6. The van der Waals surface area contributed by atoms with E-state index in [0.29, 0.717) is 25.7 Å². The number of nitrogens with zero attached hydrogens (tertiary/aromatic N) is 1. The number of imidazole rings is 1. The Bertz CT molecular complexity index is 2170. The fourth-order valence-electron chi connectivity index (χ4n) is 9.28.